The number of nitrogens with zero attached hydrogens (tertiary/aromatic N) is 1. The van der Waals surface area contributed by atoms with Gasteiger partial charge in [0.15, 0.2) is 0 Å². The second kappa shape index (κ2) is 6.03. The van der Waals surface area contributed by atoms with Crippen LogP contribution in [0.2, 0.25) is 5.02 Å². The van der Waals surface area contributed by atoms with Crippen molar-refractivity contribution in [2.75, 3.05) is 11.9 Å². The van der Waals surface area contributed by atoms with E-state index in [4.69, 9.17) is 22.0 Å². The van der Waals surface area contributed by atoms with E-state index in [1.54, 1.807) is 30.3 Å². The summed E-state index contributed by atoms with van der Waals surface area (Å²) in [5.41, 5.74) is 3.75. The Morgan fingerprint density at radius 3 is 2.83 bits per heavy atom. The van der Waals surface area contributed by atoms with Gasteiger partial charge >= 0.3 is 5.97 Å². The number of halogens is 1. The van der Waals surface area contributed by atoms with Crippen LogP contribution in [0.1, 0.15) is 5.56 Å². The molecule has 6 heteroatoms. The normalized spacial score (nSPS) is 10.4. The highest BCUT2D eigenvalue weighted by molar-refractivity contribution is 6.31. The van der Waals surface area contributed by atoms with Crippen molar-refractivity contribution in [1.82, 2.24) is 4.98 Å². The minimum Gasteiger partial charge on any atom is -0.480 e. The number of aromatic amines is 1. The average molecular weight is 326 g/mol. The van der Waals surface area contributed by atoms with Gasteiger partial charge in [-0.25, -0.2) is 0 Å². The number of hydrogen-bond donors (Lipinski definition) is 3. The lowest BCUT2D eigenvalue weighted by atomic mass is 10.0. The minimum absolute atomic E-state index is 0.194. The van der Waals surface area contributed by atoms with Crippen molar-refractivity contribution in [3.63, 3.8) is 0 Å². The highest BCUT2D eigenvalue weighted by Crippen LogP contribution is 2.36. The summed E-state index contributed by atoms with van der Waals surface area (Å²) >= 11 is 6.10. The number of nitrogens with one attached hydrogen (secondary N) is 2. The van der Waals surface area contributed by atoms with Crippen LogP contribution in [0.25, 0.3) is 22.0 Å². The molecule has 0 aliphatic heterocycles. The van der Waals surface area contributed by atoms with E-state index >= 15 is 0 Å². The van der Waals surface area contributed by atoms with Crippen LogP contribution in [0.4, 0.5) is 5.69 Å². The number of hydrogen-bond acceptors (Lipinski definition) is 3. The second-order valence-corrected chi connectivity index (χ2v) is 5.45. The summed E-state index contributed by atoms with van der Waals surface area (Å²) < 4.78 is 0. The van der Waals surface area contributed by atoms with Crippen molar-refractivity contribution in [2.24, 2.45) is 0 Å². The van der Waals surface area contributed by atoms with Gasteiger partial charge in [0.05, 0.1) is 11.6 Å². The first-order valence-electron chi connectivity index (χ1n) is 6.85. The molecule has 114 valence electrons. The number of benzene rings is 2. The quantitative estimate of drug-likeness (QED) is 0.679. The van der Waals surface area contributed by atoms with Crippen molar-refractivity contribution in [2.45, 2.75) is 0 Å². The van der Waals surface area contributed by atoms with E-state index in [2.05, 4.69) is 16.4 Å². The molecule has 0 unspecified atom stereocenters. The van der Waals surface area contributed by atoms with Gasteiger partial charge in [-0.1, -0.05) is 11.6 Å². The first-order valence-corrected chi connectivity index (χ1v) is 7.23. The summed E-state index contributed by atoms with van der Waals surface area (Å²) in [4.78, 5) is 14.0. The first-order chi connectivity index (χ1) is 11.1. The third kappa shape index (κ3) is 2.98. The number of H-pyrrole nitrogens is 1. The maximum Gasteiger partial charge on any atom is 0.322 e. The lowest BCUT2D eigenvalue weighted by Crippen LogP contribution is -2.12. The second-order valence-electron chi connectivity index (χ2n) is 5.01. The Balaban J connectivity index is 2.16. The zero-order chi connectivity index (χ0) is 16.4. The molecule has 0 radical (unpaired) electrons. The molecule has 23 heavy (non-hydrogen) atoms. The Hall–Kier alpha value is -2.97. The summed E-state index contributed by atoms with van der Waals surface area (Å²) in [5, 5.41) is 22.3. The van der Waals surface area contributed by atoms with Crippen LogP contribution in [0, 0.1) is 11.3 Å². The molecular formula is C17H12ClN3O2. The summed E-state index contributed by atoms with van der Waals surface area (Å²) in [6.45, 7) is -0.194. The van der Waals surface area contributed by atoms with Gasteiger partial charge in [0, 0.05) is 38.9 Å². The van der Waals surface area contributed by atoms with Crippen LogP contribution in [-0.4, -0.2) is 22.6 Å². The van der Waals surface area contributed by atoms with Crippen LogP contribution < -0.4 is 5.32 Å². The lowest BCUT2D eigenvalue weighted by molar-refractivity contribution is -0.134. The van der Waals surface area contributed by atoms with E-state index in [0.29, 0.717) is 16.3 Å². The number of anilines is 1. The lowest BCUT2D eigenvalue weighted by Gasteiger charge is -2.11. The standard InChI is InChI=1S/C17H12ClN3O2/c18-11-2-4-16(21-9-17(22)23)13(6-11)14-8-20-15-3-1-10(7-19)5-12(14)15/h1-6,8,20-21H,9H2,(H,22,23). The molecule has 1 heterocycles. The average Bonchev–Trinajstić information content (AvgIpc) is 2.96. The van der Waals surface area contributed by atoms with Crippen molar-refractivity contribution in [3.8, 4) is 17.2 Å². The number of nitriles is 1. The number of fused-ring (bicyclic) bond motifs is 1. The molecule has 0 atom stereocenters. The molecule has 0 saturated heterocycles. The van der Waals surface area contributed by atoms with Crippen molar-refractivity contribution >= 4 is 34.2 Å². The van der Waals surface area contributed by atoms with Crippen molar-refractivity contribution in [3.05, 3.63) is 53.2 Å². The predicted molar refractivity (Wildman–Crippen MR) is 89.6 cm³/mol. The van der Waals surface area contributed by atoms with Gasteiger partial charge in [-0.2, -0.15) is 5.26 Å². The zero-order valence-electron chi connectivity index (χ0n) is 11.9. The minimum atomic E-state index is -0.948. The molecule has 0 fully saturated rings. The third-order valence-corrected chi connectivity index (χ3v) is 3.75. The number of aliphatic carboxylic acids is 1. The number of aromatic nitrogens is 1. The maximum atomic E-state index is 10.8. The third-order valence-electron chi connectivity index (χ3n) is 3.51. The van der Waals surface area contributed by atoms with Crippen LogP contribution in [-0.2, 0) is 4.79 Å². The number of carboxylic acid groups (broad SMARTS) is 1. The Kier molecular flexibility index (Phi) is 3.92. The summed E-state index contributed by atoms with van der Waals surface area (Å²) in [6, 6.07) is 12.7. The van der Waals surface area contributed by atoms with E-state index in [1.165, 1.54) is 0 Å². The van der Waals surface area contributed by atoms with Crippen molar-refractivity contribution in [1.29, 1.82) is 5.26 Å². The molecule has 0 aliphatic rings. The molecule has 0 saturated carbocycles. The monoisotopic (exact) mass is 325 g/mol. The zero-order valence-corrected chi connectivity index (χ0v) is 12.7. The van der Waals surface area contributed by atoms with E-state index in [9.17, 15) is 4.79 Å². The van der Waals surface area contributed by atoms with E-state index in [1.807, 2.05) is 12.3 Å². The summed E-state index contributed by atoms with van der Waals surface area (Å²) in [6.07, 6.45) is 1.82. The maximum absolute atomic E-state index is 10.8. The summed E-state index contributed by atoms with van der Waals surface area (Å²) in [7, 11) is 0. The smallest absolute Gasteiger partial charge is 0.322 e. The number of carbonyl (C=O) groups is 1. The molecule has 3 N–H and O–H groups in total. The van der Waals surface area contributed by atoms with Crippen LogP contribution in [0.15, 0.2) is 42.6 Å². The van der Waals surface area contributed by atoms with Crippen molar-refractivity contribution < 1.29 is 9.90 Å². The fourth-order valence-corrected chi connectivity index (χ4v) is 2.65. The van der Waals surface area contributed by atoms with Gasteiger partial charge in [-0.05, 0) is 36.4 Å². The Morgan fingerprint density at radius 1 is 1.26 bits per heavy atom. The first kappa shape index (κ1) is 14.9. The topological polar surface area (TPSA) is 88.9 Å². The highest BCUT2D eigenvalue weighted by Gasteiger charge is 2.12. The van der Waals surface area contributed by atoms with Gasteiger partial charge in [0.25, 0.3) is 0 Å². The highest BCUT2D eigenvalue weighted by atomic mass is 35.5. The molecule has 0 spiro atoms. The molecule has 0 amide bonds. The van der Waals surface area contributed by atoms with E-state index < -0.39 is 5.97 Å². The Morgan fingerprint density at radius 2 is 2.09 bits per heavy atom. The SMILES string of the molecule is N#Cc1ccc2[nH]cc(-c3cc(Cl)ccc3NCC(=O)O)c2c1. The number of rotatable bonds is 4. The molecule has 3 rings (SSSR count). The van der Waals surface area contributed by atoms with Gasteiger partial charge in [-0.3, -0.25) is 4.79 Å². The fourth-order valence-electron chi connectivity index (χ4n) is 2.48. The molecule has 3 aromatic rings. The number of carboxylic acids is 1. The Bertz CT molecular complexity index is 941. The largest absolute Gasteiger partial charge is 0.480 e. The predicted octanol–water partition coefficient (Wildman–Crippen LogP) is 3.86. The molecule has 0 aliphatic carbocycles. The fraction of sp³-hybridized carbons (Fsp3) is 0.0588. The molecule has 2 aromatic carbocycles. The molecular weight excluding hydrogens is 314 g/mol. The van der Waals surface area contributed by atoms with E-state index in [-0.39, 0.29) is 6.54 Å². The van der Waals surface area contributed by atoms with E-state index in [0.717, 1.165) is 22.0 Å². The van der Waals surface area contributed by atoms with Gasteiger partial charge in [0.1, 0.15) is 6.54 Å². The van der Waals surface area contributed by atoms with Crippen LogP contribution >= 0.6 is 11.6 Å². The van der Waals surface area contributed by atoms with Gasteiger partial charge < -0.3 is 15.4 Å². The Labute approximate surface area is 137 Å². The summed E-state index contributed by atoms with van der Waals surface area (Å²) in [5.74, 6) is -0.948. The van der Waals surface area contributed by atoms with Crippen LogP contribution in [0.5, 0.6) is 0 Å². The van der Waals surface area contributed by atoms with Crippen LogP contribution in [0.3, 0.4) is 0 Å². The molecule has 1 aromatic heterocycles. The molecule has 5 nitrogen and oxygen atoms in total. The van der Waals surface area contributed by atoms with Gasteiger partial charge in [-0.15, -0.1) is 0 Å². The van der Waals surface area contributed by atoms with Gasteiger partial charge in [0.2, 0.25) is 0 Å². The molecule has 0 bridgehead atoms.